The number of hydrogen-bond acceptors (Lipinski definition) is 3. The fourth-order valence-electron chi connectivity index (χ4n) is 1.51. The van der Waals surface area contributed by atoms with Crippen molar-refractivity contribution in [2.45, 2.75) is 45.1 Å². The molecule has 3 N–H and O–H groups in total. The zero-order chi connectivity index (χ0) is 12.4. The lowest BCUT2D eigenvalue weighted by atomic mass is 10.1. The molecule has 0 aromatic heterocycles. The summed E-state index contributed by atoms with van der Waals surface area (Å²) in [4.78, 5) is 22.0. The van der Waals surface area contributed by atoms with Gasteiger partial charge in [0.05, 0.1) is 6.42 Å². The quantitative estimate of drug-likeness (QED) is 0.511. The van der Waals surface area contributed by atoms with Crippen LogP contribution < -0.4 is 10.6 Å². The second kappa shape index (κ2) is 9.15. The highest BCUT2D eigenvalue weighted by Gasteiger charge is 2.14. The van der Waals surface area contributed by atoms with Crippen molar-refractivity contribution in [2.75, 3.05) is 13.6 Å². The van der Waals surface area contributed by atoms with Gasteiger partial charge in [0.25, 0.3) is 0 Å². The number of carboxylic acid groups (broad SMARTS) is 1. The molecule has 16 heavy (non-hydrogen) atoms. The molecule has 0 aliphatic carbocycles. The Morgan fingerprint density at radius 3 is 2.56 bits per heavy atom. The first-order chi connectivity index (χ1) is 7.60. The van der Waals surface area contributed by atoms with Crippen molar-refractivity contribution >= 4 is 11.9 Å². The number of hydrogen-bond donors (Lipinski definition) is 3. The van der Waals surface area contributed by atoms with E-state index in [0.717, 1.165) is 19.4 Å². The predicted molar refractivity (Wildman–Crippen MR) is 62.3 cm³/mol. The molecular formula is C11H22N2O3. The number of aliphatic carboxylic acids is 1. The summed E-state index contributed by atoms with van der Waals surface area (Å²) in [5.74, 6) is -0.927. The first-order valence-corrected chi connectivity index (χ1v) is 5.75. The highest BCUT2D eigenvalue weighted by molar-refractivity contribution is 5.77. The molecule has 0 heterocycles. The monoisotopic (exact) mass is 230 g/mol. The average Bonchev–Trinajstić information content (AvgIpc) is 2.17. The molecule has 0 aliphatic rings. The molecule has 94 valence electrons. The van der Waals surface area contributed by atoms with Crippen LogP contribution in [-0.4, -0.2) is 36.6 Å². The highest BCUT2D eigenvalue weighted by atomic mass is 16.4. The minimum absolute atomic E-state index is 0.00556. The number of rotatable bonds is 9. The fourth-order valence-corrected chi connectivity index (χ4v) is 1.51. The zero-order valence-corrected chi connectivity index (χ0v) is 10.1. The van der Waals surface area contributed by atoms with Crippen LogP contribution in [0.3, 0.4) is 0 Å². The summed E-state index contributed by atoms with van der Waals surface area (Å²) in [6.07, 6.45) is 2.80. The summed E-state index contributed by atoms with van der Waals surface area (Å²) in [6, 6.07) is -0.232. The van der Waals surface area contributed by atoms with Crippen LogP contribution >= 0.6 is 0 Å². The van der Waals surface area contributed by atoms with E-state index in [2.05, 4.69) is 10.6 Å². The minimum atomic E-state index is -0.867. The number of nitrogens with one attached hydrogen (secondary N) is 2. The Labute approximate surface area is 96.6 Å². The molecule has 0 saturated heterocycles. The molecule has 0 aromatic carbocycles. The summed E-state index contributed by atoms with van der Waals surface area (Å²) in [5, 5.41) is 14.4. The first kappa shape index (κ1) is 14.9. The maximum Gasteiger partial charge on any atom is 0.305 e. The average molecular weight is 230 g/mol. The van der Waals surface area contributed by atoms with E-state index in [0.29, 0.717) is 12.8 Å². The molecule has 0 aliphatic heterocycles. The molecule has 0 radical (unpaired) electrons. The molecule has 1 amide bonds. The topological polar surface area (TPSA) is 78.4 Å². The van der Waals surface area contributed by atoms with Crippen LogP contribution in [0.2, 0.25) is 0 Å². The molecule has 1 unspecified atom stereocenters. The Morgan fingerprint density at radius 2 is 2.06 bits per heavy atom. The standard InChI is InChI=1S/C11H22N2O3/c1-3-5-9(8-11(15)16)13-10(14)6-4-7-12-2/h9,12H,3-8H2,1-2H3,(H,13,14)(H,15,16). The van der Waals surface area contributed by atoms with Crippen molar-refractivity contribution < 1.29 is 14.7 Å². The number of amides is 1. The third kappa shape index (κ3) is 8.23. The van der Waals surface area contributed by atoms with E-state index in [-0.39, 0.29) is 18.4 Å². The molecule has 0 saturated carbocycles. The number of carbonyl (C=O) groups excluding carboxylic acids is 1. The molecule has 0 aromatic rings. The Morgan fingerprint density at radius 1 is 1.38 bits per heavy atom. The van der Waals surface area contributed by atoms with Crippen molar-refractivity contribution in [1.29, 1.82) is 0 Å². The van der Waals surface area contributed by atoms with Crippen molar-refractivity contribution in [3.8, 4) is 0 Å². The second-order valence-electron chi connectivity index (χ2n) is 3.86. The van der Waals surface area contributed by atoms with Gasteiger partial charge in [-0.05, 0) is 26.4 Å². The van der Waals surface area contributed by atoms with Gasteiger partial charge in [-0.2, -0.15) is 0 Å². The van der Waals surface area contributed by atoms with Gasteiger partial charge in [0, 0.05) is 12.5 Å². The van der Waals surface area contributed by atoms with Crippen LogP contribution in [0.25, 0.3) is 0 Å². The summed E-state index contributed by atoms with van der Waals surface area (Å²) >= 11 is 0. The third-order valence-electron chi connectivity index (χ3n) is 2.25. The van der Waals surface area contributed by atoms with E-state index < -0.39 is 5.97 Å². The molecule has 5 nitrogen and oxygen atoms in total. The van der Waals surface area contributed by atoms with E-state index >= 15 is 0 Å². The molecule has 5 heteroatoms. The summed E-state index contributed by atoms with van der Waals surface area (Å²) in [5.41, 5.74) is 0. The Balaban J connectivity index is 3.87. The van der Waals surface area contributed by atoms with Gasteiger partial charge in [0.2, 0.25) is 5.91 Å². The Hall–Kier alpha value is -1.10. The van der Waals surface area contributed by atoms with Crippen LogP contribution in [0.15, 0.2) is 0 Å². The molecular weight excluding hydrogens is 208 g/mol. The van der Waals surface area contributed by atoms with E-state index in [1.165, 1.54) is 0 Å². The van der Waals surface area contributed by atoms with Gasteiger partial charge < -0.3 is 15.7 Å². The normalized spacial score (nSPS) is 12.1. The minimum Gasteiger partial charge on any atom is -0.481 e. The van der Waals surface area contributed by atoms with E-state index in [9.17, 15) is 9.59 Å². The van der Waals surface area contributed by atoms with Crippen molar-refractivity contribution in [2.24, 2.45) is 0 Å². The Bertz CT molecular complexity index is 219. The van der Waals surface area contributed by atoms with Gasteiger partial charge >= 0.3 is 5.97 Å². The summed E-state index contributed by atoms with van der Waals surface area (Å²) in [6.45, 7) is 2.77. The first-order valence-electron chi connectivity index (χ1n) is 5.75. The summed E-state index contributed by atoms with van der Waals surface area (Å²) < 4.78 is 0. The van der Waals surface area contributed by atoms with Crippen molar-refractivity contribution in [3.05, 3.63) is 0 Å². The van der Waals surface area contributed by atoms with Crippen LogP contribution in [0.1, 0.15) is 39.0 Å². The van der Waals surface area contributed by atoms with Crippen LogP contribution in [0.5, 0.6) is 0 Å². The number of carboxylic acids is 1. The van der Waals surface area contributed by atoms with Crippen LogP contribution in [0.4, 0.5) is 0 Å². The molecule has 0 bridgehead atoms. The summed E-state index contributed by atoms with van der Waals surface area (Å²) in [7, 11) is 1.84. The SMILES string of the molecule is CCCC(CC(=O)O)NC(=O)CCCNC. The van der Waals surface area contributed by atoms with Crippen LogP contribution in [0, 0.1) is 0 Å². The number of carbonyl (C=O) groups is 2. The van der Waals surface area contributed by atoms with Crippen molar-refractivity contribution in [1.82, 2.24) is 10.6 Å². The molecule has 0 spiro atoms. The van der Waals surface area contributed by atoms with Gasteiger partial charge in [-0.25, -0.2) is 0 Å². The van der Waals surface area contributed by atoms with Gasteiger partial charge in [-0.1, -0.05) is 13.3 Å². The molecule has 0 fully saturated rings. The third-order valence-corrected chi connectivity index (χ3v) is 2.25. The zero-order valence-electron chi connectivity index (χ0n) is 10.1. The largest absolute Gasteiger partial charge is 0.481 e. The molecule has 1 atom stereocenters. The van der Waals surface area contributed by atoms with E-state index in [1.807, 2.05) is 14.0 Å². The van der Waals surface area contributed by atoms with Gasteiger partial charge in [0.15, 0.2) is 0 Å². The lowest BCUT2D eigenvalue weighted by molar-refractivity contribution is -0.137. The lowest BCUT2D eigenvalue weighted by Crippen LogP contribution is -2.36. The second-order valence-corrected chi connectivity index (χ2v) is 3.86. The van der Waals surface area contributed by atoms with E-state index in [4.69, 9.17) is 5.11 Å². The van der Waals surface area contributed by atoms with Gasteiger partial charge in [0.1, 0.15) is 0 Å². The fraction of sp³-hybridized carbons (Fsp3) is 0.818. The maximum atomic E-state index is 11.5. The van der Waals surface area contributed by atoms with Gasteiger partial charge in [-0.15, -0.1) is 0 Å². The smallest absolute Gasteiger partial charge is 0.305 e. The predicted octanol–water partition coefficient (Wildman–Crippen LogP) is 0.746. The highest BCUT2D eigenvalue weighted by Crippen LogP contribution is 2.02. The maximum absolute atomic E-state index is 11.5. The van der Waals surface area contributed by atoms with Gasteiger partial charge in [-0.3, -0.25) is 9.59 Å². The van der Waals surface area contributed by atoms with Crippen LogP contribution in [-0.2, 0) is 9.59 Å². The lowest BCUT2D eigenvalue weighted by Gasteiger charge is -2.15. The Kier molecular flexibility index (Phi) is 8.52. The van der Waals surface area contributed by atoms with E-state index in [1.54, 1.807) is 0 Å². The molecule has 0 rings (SSSR count). The van der Waals surface area contributed by atoms with Crippen molar-refractivity contribution in [3.63, 3.8) is 0 Å².